The van der Waals surface area contributed by atoms with Crippen LogP contribution in [0.4, 0.5) is 23.7 Å². The van der Waals surface area contributed by atoms with Crippen LogP contribution < -0.4 is 15.0 Å². The maximum atomic E-state index is 13.3. The lowest BCUT2D eigenvalue weighted by molar-refractivity contribution is -0.137. The Labute approximate surface area is 183 Å². The number of methoxy groups -OCH3 is 1. The van der Waals surface area contributed by atoms with Gasteiger partial charge >= 0.3 is 12.3 Å². The largest absolute Gasteiger partial charge is 0.491 e. The molecule has 1 aliphatic rings. The van der Waals surface area contributed by atoms with E-state index in [-0.39, 0.29) is 12.7 Å². The van der Waals surface area contributed by atoms with Crippen LogP contribution in [0.2, 0.25) is 0 Å². The number of alkyl carbamates (subject to hydrolysis) is 1. The number of hydrogen-bond donors (Lipinski definition) is 1. The number of alkyl halides is 3. The van der Waals surface area contributed by atoms with Gasteiger partial charge in [0, 0.05) is 12.2 Å². The minimum absolute atomic E-state index is 0.211. The number of halogens is 3. The molecule has 1 amide bonds. The second kappa shape index (κ2) is 9.78. The number of rotatable bonds is 6. The molecule has 10 heteroatoms. The van der Waals surface area contributed by atoms with Gasteiger partial charge in [-0.15, -0.1) is 0 Å². The van der Waals surface area contributed by atoms with Crippen LogP contribution in [0.1, 0.15) is 23.6 Å². The lowest BCUT2D eigenvalue weighted by Crippen LogP contribution is -2.28. The Morgan fingerprint density at radius 1 is 1.28 bits per heavy atom. The summed E-state index contributed by atoms with van der Waals surface area (Å²) in [5.41, 5.74) is -0.194. The minimum Gasteiger partial charge on any atom is -0.491 e. The molecule has 3 rings (SSSR count). The summed E-state index contributed by atoms with van der Waals surface area (Å²) >= 11 is 0. The van der Waals surface area contributed by atoms with E-state index in [0.717, 1.165) is 11.6 Å². The molecular formula is C22H22F3N3O4. The summed E-state index contributed by atoms with van der Waals surface area (Å²) in [6.07, 6.45) is -5.95. The number of carbonyl (C=O) groups excluding carboxylic acids is 1. The van der Waals surface area contributed by atoms with E-state index in [2.05, 4.69) is 10.1 Å². The molecular weight excluding hydrogens is 427 g/mol. The van der Waals surface area contributed by atoms with Gasteiger partial charge in [0.2, 0.25) is 0 Å². The summed E-state index contributed by atoms with van der Waals surface area (Å²) in [7, 11) is 1.29. The van der Waals surface area contributed by atoms with Gasteiger partial charge in [-0.3, -0.25) is 0 Å². The molecule has 0 spiro atoms. The number of nitrogens with zero attached hydrogens (tertiary/aromatic N) is 2. The van der Waals surface area contributed by atoms with Crippen LogP contribution in [-0.2, 0) is 22.2 Å². The van der Waals surface area contributed by atoms with E-state index >= 15 is 0 Å². The van der Waals surface area contributed by atoms with Gasteiger partial charge in [-0.2, -0.15) is 18.4 Å². The fourth-order valence-corrected chi connectivity index (χ4v) is 3.35. The first kappa shape index (κ1) is 23.2. The van der Waals surface area contributed by atoms with Crippen molar-refractivity contribution in [2.75, 3.05) is 25.2 Å². The Morgan fingerprint density at radius 2 is 2.00 bits per heavy atom. The molecule has 0 unspecified atom stereocenters. The van der Waals surface area contributed by atoms with Crippen molar-refractivity contribution < 1.29 is 32.2 Å². The molecule has 2 atom stereocenters. The first-order valence-corrected chi connectivity index (χ1v) is 9.78. The fraction of sp³-hybridized carbons (Fsp3) is 0.364. The maximum Gasteiger partial charge on any atom is 0.417 e. The molecule has 0 aliphatic carbocycles. The number of nitriles is 1. The summed E-state index contributed by atoms with van der Waals surface area (Å²) in [6.45, 7) is 2.61. The molecule has 1 N–H and O–H groups in total. The van der Waals surface area contributed by atoms with Crippen molar-refractivity contribution in [1.29, 1.82) is 5.26 Å². The average molecular weight is 449 g/mol. The van der Waals surface area contributed by atoms with Gasteiger partial charge in [-0.05, 0) is 42.8 Å². The number of amides is 1. The smallest absolute Gasteiger partial charge is 0.417 e. The van der Waals surface area contributed by atoms with Gasteiger partial charge < -0.3 is 24.4 Å². The fourth-order valence-electron chi connectivity index (χ4n) is 3.35. The van der Waals surface area contributed by atoms with Crippen molar-refractivity contribution in [2.45, 2.75) is 32.0 Å². The van der Waals surface area contributed by atoms with E-state index in [9.17, 15) is 18.0 Å². The maximum absolute atomic E-state index is 13.3. The Balaban J connectivity index is 1.59. The van der Waals surface area contributed by atoms with Crippen molar-refractivity contribution in [2.24, 2.45) is 0 Å². The number of benzene rings is 2. The van der Waals surface area contributed by atoms with Gasteiger partial charge in [-0.25, -0.2) is 4.79 Å². The number of hydrogen-bond acceptors (Lipinski definition) is 6. The molecule has 1 saturated heterocycles. The first-order chi connectivity index (χ1) is 15.2. The summed E-state index contributed by atoms with van der Waals surface area (Å²) < 4.78 is 55.9. The third-order valence-corrected chi connectivity index (χ3v) is 4.97. The number of anilines is 1. The highest BCUT2D eigenvalue weighted by molar-refractivity contribution is 5.66. The van der Waals surface area contributed by atoms with E-state index in [0.29, 0.717) is 24.5 Å². The number of ether oxygens (including phenoxy) is 3. The Morgan fingerprint density at radius 3 is 2.62 bits per heavy atom. The van der Waals surface area contributed by atoms with Crippen LogP contribution in [0.5, 0.6) is 5.75 Å². The highest BCUT2D eigenvalue weighted by atomic mass is 19.4. The highest BCUT2D eigenvalue weighted by Crippen LogP contribution is 2.36. The van der Waals surface area contributed by atoms with E-state index in [4.69, 9.17) is 14.7 Å². The number of nitrogens with one attached hydrogen (secondary N) is 1. The zero-order valence-electron chi connectivity index (χ0n) is 17.5. The molecule has 2 aromatic carbocycles. The monoisotopic (exact) mass is 449 g/mol. The zero-order chi connectivity index (χ0) is 23.3. The Hall–Kier alpha value is -3.45. The standard InChI is InChI=1S/C22H22F3N3O4/c1-14-28(17-6-5-16(10-26)20(9-17)22(23,24)25)12-19(32-14)13-31-18-7-3-15(4-8-18)11-27-21(29)30-2/h3-9,14,19H,11-13H2,1-2H3,(H,27,29)/t14-,19+/m1/s1. The molecule has 32 heavy (non-hydrogen) atoms. The average Bonchev–Trinajstić information content (AvgIpc) is 3.16. The molecule has 2 aromatic rings. The molecule has 0 radical (unpaired) electrons. The molecule has 0 saturated carbocycles. The predicted molar refractivity (Wildman–Crippen MR) is 109 cm³/mol. The summed E-state index contributed by atoms with van der Waals surface area (Å²) in [5, 5.41) is 11.5. The summed E-state index contributed by atoms with van der Waals surface area (Å²) in [6, 6.07) is 12.3. The minimum atomic E-state index is -4.62. The lowest BCUT2D eigenvalue weighted by Gasteiger charge is -2.23. The highest BCUT2D eigenvalue weighted by Gasteiger charge is 2.36. The molecule has 7 nitrogen and oxygen atoms in total. The van der Waals surface area contributed by atoms with E-state index in [1.807, 2.05) is 0 Å². The molecule has 0 aromatic heterocycles. The molecule has 0 bridgehead atoms. The van der Waals surface area contributed by atoms with Crippen molar-refractivity contribution >= 4 is 11.8 Å². The zero-order valence-corrected chi connectivity index (χ0v) is 17.5. The third kappa shape index (κ3) is 5.62. The molecule has 1 fully saturated rings. The van der Waals surface area contributed by atoms with Crippen LogP contribution in [0.15, 0.2) is 42.5 Å². The van der Waals surface area contributed by atoms with Crippen LogP contribution in [0, 0.1) is 11.3 Å². The van der Waals surface area contributed by atoms with Crippen molar-refractivity contribution in [1.82, 2.24) is 5.32 Å². The van der Waals surface area contributed by atoms with Gasteiger partial charge in [0.1, 0.15) is 24.7 Å². The van der Waals surface area contributed by atoms with Crippen molar-refractivity contribution in [3.63, 3.8) is 0 Å². The Bertz CT molecular complexity index is 989. The van der Waals surface area contributed by atoms with E-state index < -0.39 is 29.6 Å². The molecule has 170 valence electrons. The van der Waals surface area contributed by atoms with Crippen LogP contribution in [0.3, 0.4) is 0 Å². The van der Waals surface area contributed by atoms with Crippen molar-refractivity contribution in [3.05, 3.63) is 59.2 Å². The van der Waals surface area contributed by atoms with E-state index in [1.165, 1.54) is 19.2 Å². The van der Waals surface area contributed by atoms with Crippen LogP contribution in [-0.4, -0.2) is 38.7 Å². The summed E-state index contributed by atoms with van der Waals surface area (Å²) in [5.74, 6) is 0.597. The second-order valence-electron chi connectivity index (χ2n) is 7.15. The van der Waals surface area contributed by atoms with Gasteiger partial charge in [-0.1, -0.05) is 12.1 Å². The molecule has 1 aliphatic heterocycles. The molecule has 1 heterocycles. The summed E-state index contributed by atoms with van der Waals surface area (Å²) in [4.78, 5) is 12.8. The second-order valence-corrected chi connectivity index (χ2v) is 7.15. The quantitative estimate of drug-likeness (QED) is 0.716. The first-order valence-electron chi connectivity index (χ1n) is 9.78. The van der Waals surface area contributed by atoms with Gasteiger partial charge in [0.25, 0.3) is 0 Å². The Kier molecular flexibility index (Phi) is 7.10. The van der Waals surface area contributed by atoms with Gasteiger partial charge in [0.15, 0.2) is 0 Å². The van der Waals surface area contributed by atoms with Gasteiger partial charge in [0.05, 0.1) is 30.9 Å². The third-order valence-electron chi connectivity index (χ3n) is 4.97. The topological polar surface area (TPSA) is 83.8 Å². The number of carbonyl (C=O) groups is 1. The van der Waals surface area contributed by atoms with E-state index in [1.54, 1.807) is 42.2 Å². The lowest BCUT2D eigenvalue weighted by atomic mass is 10.1. The SMILES string of the molecule is COC(=O)NCc1ccc(OC[C@@H]2CN(c3ccc(C#N)c(C(F)(F)F)c3)[C@@H](C)O2)cc1. The van der Waals surface area contributed by atoms with Crippen LogP contribution >= 0.6 is 0 Å². The van der Waals surface area contributed by atoms with Crippen LogP contribution in [0.25, 0.3) is 0 Å². The predicted octanol–water partition coefficient (Wildman–Crippen LogP) is 4.06. The normalized spacial score (nSPS) is 18.2. The van der Waals surface area contributed by atoms with Crippen molar-refractivity contribution in [3.8, 4) is 11.8 Å².